The van der Waals surface area contributed by atoms with Gasteiger partial charge in [-0.05, 0) is 98.8 Å². The number of carbonyl (C=O) groups is 3. The fraction of sp³-hybridized carbons (Fsp3) is 0.378. The van der Waals surface area contributed by atoms with Crippen LogP contribution in [-0.4, -0.2) is 39.6 Å². The molecule has 3 fully saturated rings. The molecular weight excluding hydrogens is 582 g/mol. The number of carboxylic acids is 1. The molecule has 9 heteroatoms. The Hall–Kier alpha value is -4.79. The Labute approximate surface area is 267 Å². The molecule has 0 spiro atoms. The average Bonchev–Trinajstić information content (AvgIpc) is 3.36. The number of aromatic nitrogens is 1. The molecule has 7 rings (SSSR count). The molecule has 2 aromatic carbocycles. The number of anilines is 1. The number of hydrogen-bond donors (Lipinski definition) is 3. The summed E-state index contributed by atoms with van der Waals surface area (Å²) in [5.41, 5.74) is 5.10. The Morgan fingerprint density at radius 2 is 1.85 bits per heavy atom. The van der Waals surface area contributed by atoms with E-state index in [-0.39, 0.29) is 11.8 Å². The molecule has 2 heterocycles. The summed E-state index contributed by atoms with van der Waals surface area (Å²) in [6, 6.07) is 13.0. The summed E-state index contributed by atoms with van der Waals surface area (Å²) in [4.78, 5) is 38.5. The Morgan fingerprint density at radius 1 is 1.04 bits per heavy atom. The van der Waals surface area contributed by atoms with Crippen LogP contribution >= 0.6 is 0 Å². The van der Waals surface area contributed by atoms with Crippen molar-refractivity contribution in [2.24, 2.45) is 13.0 Å². The van der Waals surface area contributed by atoms with E-state index in [1.54, 1.807) is 30.7 Å². The number of benzene rings is 2. The number of fused-ring (bicyclic) bond motifs is 1. The van der Waals surface area contributed by atoms with Gasteiger partial charge >= 0.3 is 5.97 Å². The van der Waals surface area contributed by atoms with Crippen LogP contribution in [0.1, 0.15) is 85.2 Å². The summed E-state index contributed by atoms with van der Waals surface area (Å²) in [5, 5.41) is 16.3. The number of rotatable bonds is 11. The highest BCUT2D eigenvalue weighted by molar-refractivity contribution is 6.06. The van der Waals surface area contributed by atoms with Gasteiger partial charge in [-0.15, -0.1) is 0 Å². The van der Waals surface area contributed by atoms with E-state index in [4.69, 9.17) is 14.3 Å². The monoisotopic (exact) mass is 621 g/mol. The van der Waals surface area contributed by atoms with Crippen LogP contribution in [-0.2, 0) is 16.6 Å². The highest BCUT2D eigenvalue weighted by Gasteiger charge is 2.45. The zero-order valence-electron chi connectivity index (χ0n) is 26.0. The van der Waals surface area contributed by atoms with E-state index >= 15 is 0 Å². The molecule has 4 aromatic rings. The van der Waals surface area contributed by atoms with Crippen LogP contribution in [0.2, 0.25) is 0 Å². The molecule has 3 saturated carbocycles. The van der Waals surface area contributed by atoms with Gasteiger partial charge in [-0.25, -0.2) is 4.79 Å². The predicted octanol–water partition coefficient (Wildman–Crippen LogP) is 7.27. The van der Waals surface area contributed by atoms with Crippen molar-refractivity contribution in [2.75, 3.05) is 11.9 Å². The molecule has 2 aromatic heterocycles. The van der Waals surface area contributed by atoms with Crippen LogP contribution in [0.3, 0.4) is 0 Å². The lowest BCUT2D eigenvalue weighted by molar-refractivity contribution is -0.131. The zero-order chi connectivity index (χ0) is 31.8. The lowest BCUT2D eigenvalue weighted by Crippen LogP contribution is -2.61. The van der Waals surface area contributed by atoms with Crippen LogP contribution in [0.15, 0.2) is 65.5 Å². The Balaban J connectivity index is 1.12. The fourth-order valence-corrected chi connectivity index (χ4v) is 6.99. The van der Waals surface area contributed by atoms with Crippen LogP contribution in [0, 0.1) is 5.92 Å². The maximum atomic E-state index is 13.7. The largest absolute Gasteiger partial charge is 0.493 e. The first-order valence-electron chi connectivity index (χ1n) is 16.3. The van der Waals surface area contributed by atoms with Gasteiger partial charge in [-0.2, -0.15) is 0 Å². The number of carboxylic acid groups (broad SMARTS) is 1. The molecule has 3 aliphatic rings. The van der Waals surface area contributed by atoms with Crippen molar-refractivity contribution < 1.29 is 28.6 Å². The summed E-state index contributed by atoms with van der Waals surface area (Å²) < 4.78 is 13.6. The molecule has 0 saturated heterocycles. The van der Waals surface area contributed by atoms with Gasteiger partial charge in [0.05, 0.1) is 24.8 Å². The molecule has 3 aliphatic carbocycles. The Morgan fingerprint density at radius 3 is 2.52 bits per heavy atom. The van der Waals surface area contributed by atoms with E-state index in [1.807, 2.05) is 25.2 Å². The van der Waals surface area contributed by atoms with Crippen LogP contribution < -0.4 is 15.4 Å². The Bertz CT molecular complexity index is 1820. The lowest BCUT2D eigenvalue weighted by Gasteiger charge is -2.40. The number of ether oxygens (including phenoxy) is 1. The first-order valence-corrected chi connectivity index (χ1v) is 16.3. The maximum Gasteiger partial charge on any atom is 0.328 e. The highest BCUT2D eigenvalue weighted by atomic mass is 16.5. The van der Waals surface area contributed by atoms with E-state index in [2.05, 4.69) is 21.3 Å². The minimum absolute atomic E-state index is 0.278. The summed E-state index contributed by atoms with van der Waals surface area (Å²) in [5.74, 6) is -0.127. The zero-order valence-corrected chi connectivity index (χ0v) is 26.0. The average molecular weight is 622 g/mol. The second-order valence-electron chi connectivity index (χ2n) is 13.1. The van der Waals surface area contributed by atoms with Crippen molar-refractivity contribution in [3.8, 4) is 17.0 Å². The number of nitrogens with one attached hydrogen (secondary N) is 2. The molecule has 0 radical (unpaired) electrons. The van der Waals surface area contributed by atoms with Crippen LogP contribution in [0.4, 0.5) is 5.69 Å². The minimum atomic E-state index is -1.05. The van der Waals surface area contributed by atoms with E-state index in [0.717, 1.165) is 60.3 Å². The van der Waals surface area contributed by atoms with Gasteiger partial charge < -0.3 is 29.5 Å². The number of aryl methyl sites for hydroxylation is 1. The molecular formula is C37H39N3O6. The molecule has 238 valence electrons. The first-order chi connectivity index (χ1) is 22.3. The van der Waals surface area contributed by atoms with E-state index in [9.17, 15) is 14.4 Å². The summed E-state index contributed by atoms with van der Waals surface area (Å²) in [6.45, 7) is 0.544. The Kier molecular flexibility index (Phi) is 7.92. The molecule has 3 N–H and O–H groups in total. The van der Waals surface area contributed by atoms with Crippen LogP contribution in [0.5, 0.6) is 5.75 Å². The van der Waals surface area contributed by atoms with Crippen molar-refractivity contribution >= 4 is 40.4 Å². The van der Waals surface area contributed by atoms with Gasteiger partial charge in [0.1, 0.15) is 11.3 Å². The van der Waals surface area contributed by atoms with Gasteiger partial charge in [0.2, 0.25) is 5.91 Å². The second kappa shape index (κ2) is 12.2. The van der Waals surface area contributed by atoms with Gasteiger partial charge in [0.15, 0.2) is 0 Å². The molecule has 0 atom stereocenters. The smallest absolute Gasteiger partial charge is 0.328 e. The van der Waals surface area contributed by atoms with Gasteiger partial charge in [0, 0.05) is 52.5 Å². The number of amides is 2. The second-order valence-corrected chi connectivity index (χ2v) is 13.1. The third-order valence-electron chi connectivity index (χ3n) is 9.90. The molecule has 9 nitrogen and oxygen atoms in total. The quantitative estimate of drug-likeness (QED) is 0.151. The maximum absolute atomic E-state index is 13.7. The molecule has 0 bridgehead atoms. The van der Waals surface area contributed by atoms with Crippen molar-refractivity contribution in [2.45, 2.75) is 69.2 Å². The van der Waals surface area contributed by atoms with E-state index < -0.39 is 11.5 Å². The third-order valence-corrected chi connectivity index (χ3v) is 9.90. The van der Waals surface area contributed by atoms with Gasteiger partial charge in [0.25, 0.3) is 5.91 Å². The first kappa shape index (κ1) is 29.9. The number of hydrogen-bond acceptors (Lipinski definition) is 5. The lowest BCUT2D eigenvalue weighted by atomic mass is 9.75. The van der Waals surface area contributed by atoms with Crippen LogP contribution in [0.25, 0.3) is 28.2 Å². The molecule has 0 aliphatic heterocycles. The van der Waals surface area contributed by atoms with Gasteiger partial charge in [-0.1, -0.05) is 18.9 Å². The fourth-order valence-electron chi connectivity index (χ4n) is 6.99. The SMILES string of the molecule is Cn1c(-c2ccoc2)c(C2CCCC2)c2ccc(C(=O)NC3(C(=O)Nc4ccc(/C=C/C(=O)O)c(OCC5CC5)c4)CCC3)cc21. The van der Waals surface area contributed by atoms with Crippen molar-refractivity contribution in [3.05, 3.63) is 77.8 Å². The summed E-state index contributed by atoms with van der Waals surface area (Å²) in [6.07, 6.45) is 14.9. The highest BCUT2D eigenvalue weighted by Crippen LogP contribution is 2.45. The third kappa shape index (κ3) is 5.82. The topological polar surface area (TPSA) is 123 Å². The van der Waals surface area contributed by atoms with Crippen molar-refractivity contribution in [1.29, 1.82) is 0 Å². The van der Waals surface area contributed by atoms with Gasteiger partial charge in [-0.3, -0.25) is 9.59 Å². The standard InChI is InChI=1S/C37H39N3O6/c1-40-30-19-26(10-13-29(30)33(25-5-2-3-6-25)34(40)27-15-18-45-22-27)35(43)39-37(16-4-17-37)36(44)38-28-12-9-24(11-14-32(41)42)31(20-28)46-21-23-7-8-23/h9-15,18-20,22-23,25H,2-8,16-17,21H2,1H3,(H,38,44)(H,39,43)(H,41,42)/b14-11+. The summed E-state index contributed by atoms with van der Waals surface area (Å²) >= 11 is 0. The number of furan rings is 1. The molecule has 2 amide bonds. The minimum Gasteiger partial charge on any atom is -0.493 e. The molecule has 46 heavy (non-hydrogen) atoms. The number of nitrogens with zero attached hydrogens (tertiary/aromatic N) is 1. The number of carbonyl (C=O) groups excluding carboxylic acids is 2. The number of aliphatic carboxylic acids is 1. The predicted molar refractivity (Wildman–Crippen MR) is 176 cm³/mol. The van der Waals surface area contributed by atoms with E-state index in [1.165, 1.54) is 24.5 Å². The normalized spacial score (nSPS) is 17.7. The summed E-state index contributed by atoms with van der Waals surface area (Å²) in [7, 11) is 2.04. The van der Waals surface area contributed by atoms with Crippen molar-refractivity contribution in [3.63, 3.8) is 0 Å². The van der Waals surface area contributed by atoms with Crippen molar-refractivity contribution in [1.82, 2.24) is 9.88 Å². The molecule has 0 unspecified atom stereocenters. The van der Waals surface area contributed by atoms with E-state index in [0.29, 0.717) is 53.8 Å².